The Morgan fingerprint density at radius 2 is 1.86 bits per heavy atom. The quantitative estimate of drug-likeness (QED) is 0.332. The topological polar surface area (TPSA) is 101 Å². The Bertz CT molecular complexity index is 1220. The lowest BCUT2D eigenvalue weighted by atomic mass is 9.48. The van der Waals surface area contributed by atoms with Crippen LogP contribution in [0.5, 0.6) is 5.75 Å². The summed E-state index contributed by atoms with van der Waals surface area (Å²) in [4.78, 5) is 39.1. The average Bonchev–Trinajstić information content (AvgIpc) is 3.52. The Hall–Kier alpha value is -3.55. The molecule has 8 atom stereocenters. The first-order valence-electron chi connectivity index (χ1n) is 12.8. The maximum Gasteiger partial charge on any atom is 0.331 e. The van der Waals surface area contributed by atoms with E-state index in [-0.39, 0.29) is 35.8 Å². The molecule has 0 radical (unpaired) electrons. The largest absolute Gasteiger partial charge is 0.497 e. The molecule has 2 bridgehead atoms. The molecule has 194 valence electrons. The average molecular weight is 507 g/mol. The van der Waals surface area contributed by atoms with E-state index in [0.717, 1.165) is 16.9 Å². The summed E-state index contributed by atoms with van der Waals surface area (Å²) in [5.41, 5.74) is 1.23. The first-order chi connectivity index (χ1) is 17.9. The molecular weight excluding hydrogens is 476 g/mol. The zero-order valence-corrected chi connectivity index (χ0v) is 20.8. The van der Waals surface area contributed by atoms with E-state index in [1.165, 1.54) is 6.08 Å². The van der Waals surface area contributed by atoms with Gasteiger partial charge in [-0.2, -0.15) is 0 Å². The van der Waals surface area contributed by atoms with Gasteiger partial charge in [0.05, 0.1) is 31.5 Å². The van der Waals surface area contributed by atoms with Crippen LogP contribution in [0.1, 0.15) is 49.8 Å². The van der Waals surface area contributed by atoms with Crippen molar-refractivity contribution in [1.82, 2.24) is 0 Å². The van der Waals surface area contributed by atoms with Gasteiger partial charge in [-0.05, 0) is 66.9 Å². The van der Waals surface area contributed by atoms with Gasteiger partial charge in [0, 0.05) is 17.6 Å². The van der Waals surface area contributed by atoms with Crippen LogP contribution in [0.15, 0.2) is 53.4 Å². The third kappa shape index (κ3) is 4.12. The standard InChI is InChI=1S/C29H30O8/c1-29-14-24(17-9-10-34-15-17)37-28(32)22(29)13-23(26-20-11-19(12-21(26)29)35-27(20)31)36-25(30)8-5-16-3-6-18(33-2)7-4-16/h3-10,15,19-24,26H,11-14H2,1-2H3/b8-5+/t19-,20+,21+,22+,23-,24-,26+,29-/m0/s1. The van der Waals surface area contributed by atoms with Gasteiger partial charge in [-0.15, -0.1) is 0 Å². The number of rotatable bonds is 5. The summed E-state index contributed by atoms with van der Waals surface area (Å²) >= 11 is 0. The number of hydrogen-bond acceptors (Lipinski definition) is 8. The number of furan rings is 1. The van der Waals surface area contributed by atoms with E-state index in [0.29, 0.717) is 25.7 Å². The Kier molecular flexibility index (Phi) is 5.85. The van der Waals surface area contributed by atoms with Crippen molar-refractivity contribution in [3.8, 4) is 5.75 Å². The minimum absolute atomic E-state index is 0.0212. The van der Waals surface area contributed by atoms with Crippen molar-refractivity contribution in [1.29, 1.82) is 0 Å². The molecule has 37 heavy (non-hydrogen) atoms. The molecule has 2 saturated heterocycles. The molecular formula is C29H30O8. The van der Waals surface area contributed by atoms with Crippen LogP contribution < -0.4 is 4.74 Å². The zero-order valence-electron chi connectivity index (χ0n) is 20.8. The lowest BCUT2D eigenvalue weighted by molar-refractivity contribution is -0.207. The third-order valence-electron chi connectivity index (χ3n) is 8.97. The number of ether oxygens (including phenoxy) is 4. The van der Waals surface area contributed by atoms with Gasteiger partial charge < -0.3 is 23.4 Å². The van der Waals surface area contributed by atoms with Crippen LogP contribution in [0, 0.1) is 29.1 Å². The number of carbonyl (C=O) groups excluding carboxylic acids is 3. The maximum atomic E-state index is 13.3. The molecule has 4 fully saturated rings. The first-order valence-corrected chi connectivity index (χ1v) is 12.8. The highest BCUT2D eigenvalue weighted by Crippen LogP contribution is 2.62. The minimum Gasteiger partial charge on any atom is -0.497 e. The summed E-state index contributed by atoms with van der Waals surface area (Å²) in [6.45, 7) is 2.12. The van der Waals surface area contributed by atoms with Crippen molar-refractivity contribution >= 4 is 24.0 Å². The van der Waals surface area contributed by atoms with Gasteiger partial charge in [-0.1, -0.05) is 19.1 Å². The van der Waals surface area contributed by atoms with Crippen LogP contribution in [0.4, 0.5) is 0 Å². The van der Waals surface area contributed by atoms with Crippen LogP contribution >= 0.6 is 0 Å². The summed E-state index contributed by atoms with van der Waals surface area (Å²) in [6, 6.07) is 9.13. The molecule has 3 heterocycles. The molecule has 0 N–H and O–H groups in total. The molecule has 2 aliphatic heterocycles. The van der Waals surface area contributed by atoms with Gasteiger partial charge in [0.1, 0.15) is 24.1 Å². The molecule has 2 saturated carbocycles. The normalized spacial score (nSPS) is 36.3. The number of hydrogen-bond donors (Lipinski definition) is 0. The fraction of sp³-hybridized carbons (Fsp3) is 0.483. The predicted molar refractivity (Wildman–Crippen MR) is 130 cm³/mol. The molecule has 8 nitrogen and oxygen atoms in total. The van der Waals surface area contributed by atoms with Crippen molar-refractivity contribution in [2.75, 3.05) is 7.11 Å². The fourth-order valence-corrected chi connectivity index (χ4v) is 7.16. The molecule has 0 spiro atoms. The summed E-state index contributed by atoms with van der Waals surface area (Å²) in [5.74, 6) is -1.30. The number of fused-ring (bicyclic) bond motifs is 6. The van der Waals surface area contributed by atoms with Crippen molar-refractivity contribution in [2.45, 2.75) is 50.9 Å². The summed E-state index contributed by atoms with van der Waals surface area (Å²) in [5, 5.41) is 0. The van der Waals surface area contributed by atoms with Gasteiger partial charge >= 0.3 is 17.9 Å². The Balaban J connectivity index is 1.26. The van der Waals surface area contributed by atoms with Crippen LogP contribution in [-0.2, 0) is 28.6 Å². The molecule has 8 heteroatoms. The van der Waals surface area contributed by atoms with Crippen LogP contribution in [0.3, 0.4) is 0 Å². The van der Waals surface area contributed by atoms with Crippen LogP contribution in [0.2, 0.25) is 0 Å². The summed E-state index contributed by atoms with van der Waals surface area (Å²) in [6.07, 6.45) is 7.33. The lowest BCUT2D eigenvalue weighted by Crippen LogP contribution is -2.59. The minimum atomic E-state index is -0.578. The van der Waals surface area contributed by atoms with Gasteiger partial charge in [-0.25, -0.2) is 4.79 Å². The summed E-state index contributed by atoms with van der Waals surface area (Å²) in [7, 11) is 1.60. The lowest BCUT2D eigenvalue weighted by Gasteiger charge is -2.57. The van der Waals surface area contributed by atoms with E-state index >= 15 is 0 Å². The van der Waals surface area contributed by atoms with E-state index in [1.54, 1.807) is 25.7 Å². The second-order valence-electron chi connectivity index (χ2n) is 10.9. The molecule has 0 unspecified atom stereocenters. The third-order valence-corrected chi connectivity index (χ3v) is 8.97. The van der Waals surface area contributed by atoms with Gasteiger partial charge in [0.2, 0.25) is 0 Å². The van der Waals surface area contributed by atoms with Gasteiger partial charge in [0.15, 0.2) is 0 Å². The van der Waals surface area contributed by atoms with E-state index in [4.69, 9.17) is 23.4 Å². The smallest absolute Gasteiger partial charge is 0.331 e. The van der Waals surface area contributed by atoms with Crippen molar-refractivity contribution in [2.24, 2.45) is 29.1 Å². The SMILES string of the molecule is COc1ccc(/C=C/C(=O)O[C@H]2C[C@@H]3C(=O)O[C@H](c4ccoc4)C[C@@]3(C)[C@@H]3C[C@@H]4C[C@@H](C(=O)O4)[C@@H]23)cc1. The van der Waals surface area contributed by atoms with Crippen molar-refractivity contribution < 1.29 is 37.7 Å². The number of cyclic esters (lactones) is 1. The van der Waals surface area contributed by atoms with Gasteiger partial charge in [-0.3, -0.25) is 9.59 Å². The van der Waals surface area contributed by atoms with Crippen molar-refractivity contribution in [3.05, 3.63) is 60.1 Å². The Morgan fingerprint density at radius 1 is 1.05 bits per heavy atom. The number of carbonyl (C=O) groups is 3. The zero-order chi connectivity index (χ0) is 25.7. The second-order valence-corrected chi connectivity index (χ2v) is 10.9. The molecule has 2 aliphatic carbocycles. The van der Waals surface area contributed by atoms with Gasteiger partial charge in [0.25, 0.3) is 0 Å². The number of esters is 3. The molecule has 1 aromatic heterocycles. The highest BCUT2D eigenvalue weighted by atomic mass is 16.6. The van der Waals surface area contributed by atoms with Crippen LogP contribution in [0.25, 0.3) is 6.08 Å². The molecule has 4 aliphatic rings. The van der Waals surface area contributed by atoms with E-state index < -0.39 is 29.5 Å². The Labute approximate surface area is 214 Å². The molecule has 6 rings (SSSR count). The predicted octanol–water partition coefficient (Wildman–Crippen LogP) is 4.50. The second kappa shape index (κ2) is 9.08. The number of benzene rings is 1. The van der Waals surface area contributed by atoms with Crippen molar-refractivity contribution in [3.63, 3.8) is 0 Å². The van der Waals surface area contributed by atoms with E-state index in [9.17, 15) is 14.4 Å². The first kappa shape index (κ1) is 23.8. The monoisotopic (exact) mass is 506 g/mol. The molecule has 1 aromatic carbocycles. The summed E-state index contributed by atoms with van der Waals surface area (Å²) < 4.78 is 27.9. The highest BCUT2D eigenvalue weighted by molar-refractivity contribution is 5.87. The van der Waals surface area contributed by atoms with E-state index in [1.807, 2.05) is 30.3 Å². The molecule has 0 amide bonds. The van der Waals surface area contributed by atoms with Crippen LogP contribution in [-0.4, -0.2) is 37.2 Å². The Morgan fingerprint density at radius 3 is 2.59 bits per heavy atom. The molecule has 2 aromatic rings. The maximum absolute atomic E-state index is 13.3. The highest BCUT2D eigenvalue weighted by Gasteiger charge is 2.65. The number of methoxy groups -OCH3 is 1. The fourth-order valence-electron chi connectivity index (χ4n) is 7.16. The van der Waals surface area contributed by atoms with E-state index in [2.05, 4.69) is 6.92 Å².